The van der Waals surface area contributed by atoms with Gasteiger partial charge in [-0.2, -0.15) is 0 Å². The van der Waals surface area contributed by atoms with E-state index >= 15 is 0 Å². The summed E-state index contributed by atoms with van der Waals surface area (Å²) < 4.78 is 5.61. The number of anilines is 1. The van der Waals surface area contributed by atoms with E-state index in [1.165, 1.54) is 11.1 Å². The lowest BCUT2D eigenvalue weighted by atomic mass is 10.1. The zero-order valence-corrected chi connectivity index (χ0v) is 12.4. The fourth-order valence-electron chi connectivity index (χ4n) is 2.79. The summed E-state index contributed by atoms with van der Waals surface area (Å²) in [5.41, 5.74) is 3.42. The lowest BCUT2D eigenvalue weighted by molar-refractivity contribution is -0.120. The molecule has 0 fully saturated rings. The van der Waals surface area contributed by atoms with Gasteiger partial charge in [0.25, 0.3) is 5.91 Å². The predicted octanol–water partition coefficient (Wildman–Crippen LogP) is 3.35. The molecule has 0 N–H and O–H groups in total. The first-order valence-corrected chi connectivity index (χ1v) is 7.24. The zero-order chi connectivity index (χ0) is 14.8. The summed E-state index contributed by atoms with van der Waals surface area (Å²) >= 11 is 0. The van der Waals surface area contributed by atoms with E-state index in [4.69, 9.17) is 4.74 Å². The van der Waals surface area contributed by atoms with Crippen LogP contribution in [0.5, 0.6) is 5.75 Å². The SMILES string of the molecule is Cc1ccc(OCC(=O)N2c3ccccc3C[C@@H]2C)cc1. The molecule has 0 saturated heterocycles. The van der Waals surface area contributed by atoms with Gasteiger partial charge in [0.2, 0.25) is 0 Å². The second kappa shape index (κ2) is 5.60. The maximum atomic E-state index is 12.5. The van der Waals surface area contributed by atoms with Crippen molar-refractivity contribution >= 4 is 11.6 Å². The highest BCUT2D eigenvalue weighted by molar-refractivity contribution is 5.97. The Morgan fingerprint density at radius 2 is 1.90 bits per heavy atom. The average molecular weight is 281 g/mol. The van der Waals surface area contributed by atoms with Crippen molar-refractivity contribution in [2.75, 3.05) is 11.5 Å². The number of carbonyl (C=O) groups excluding carboxylic acids is 1. The van der Waals surface area contributed by atoms with E-state index in [0.29, 0.717) is 0 Å². The van der Waals surface area contributed by atoms with Crippen LogP contribution in [0.15, 0.2) is 48.5 Å². The van der Waals surface area contributed by atoms with Crippen LogP contribution in [0.3, 0.4) is 0 Å². The minimum Gasteiger partial charge on any atom is -0.484 e. The van der Waals surface area contributed by atoms with Crippen molar-refractivity contribution in [2.24, 2.45) is 0 Å². The van der Waals surface area contributed by atoms with Gasteiger partial charge in [0.15, 0.2) is 6.61 Å². The summed E-state index contributed by atoms with van der Waals surface area (Å²) in [6, 6.07) is 16.0. The zero-order valence-electron chi connectivity index (χ0n) is 12.4. The van der Waals surface area contributed by atoms with Gasteiger partial charge >= 0.3 is 0 Å². The molecule has 0 bridgehead atoms. The number of rotatable bonds is 3. The van der Waals surface area contributed by atoms with Crippen LogP contribution in [-0.2, 0) is 11.2 Å². The third-order valence-corrected chi connectivity index (χ3v) is 3.86. The number of benzene rings is 2. The highest BCUT2D eigenvalue weighted by Crippen LogP contribution is 2.31. The van der Waals surface area contributed by atoms with Crippen molar-refractivity contribution in [3.05, 3.63) is 59.7 Å². The Morgan fingerprint density at radius 3 is 2.67 bits per heavy atom. The average Bonchev–Trinajstić information content (AvgIpc) is 2.82. The van der Waals surface area contributed by atoms with Crippen LogP contribution in [0.2, 0.25) is 0 Å². The van der Waals surface area contributed by atoms with Gasteiger partial charge in [0, 0.05) is 11.7 Å². The van der Waals surface area contributed by atoms with Gasteiger partial charge in [-0.1, -0.05) is 35.9 Å². The largest absolute Gasteiger partial charge is 0.484 e. The summed E-state index contributed by atoms with van der Waals surface area (Å²) in [6.07, 6.45) is 0.909. The van der Waals surface area contributed by atoms with Crippen LogP contribution in [0.25, 0.3) is 0 Å². The summed E-state index contributed by atoms with van der Waals surface area (Å²) in [5, 5.41) is 0. The lowest BCUT2D eigenvalue weighted by Crippen LogP contribution is -2.39. The standard InChI is InChI=1S/C18H19NO2/c1-13-7-9-16(10-8-13)21-12-18(20)19-14(2)11-15-5-3-4-6-17(15)19/h3-10,14H,11-12H2,1-2H3/t14-/m0/s1. The molecule has 0 aromatic heterocycles. The van der Waals surface area contributed by atoms with E-state index in [1.807, 2.05) is 54.3 Å². The van der Waals surface area contributed by atoms with Gasteiger partial charge in [0.1, 0.15) is 5.75 Å². The monoisotopic (exact) mass is 281 g/mol. The van der Waals surface area contributed by atoms with Gasteiger partial charge < -0.3 is 9.64 Å². The minimum atomic E-state index is 0.00743. The molecule has 0 aliphatic carbocycles. The number of amides is 1. The van der Waals surface area contributed by atoms with Gasteiger partial charge in [-0.3, -0.25) is 4.79 Å². The molecule has 108 valence electrons. The van der Waals surface area contributed by atoms with Gasteiger partial charge in [-0.15, -0.1) is 0 Å². The second-order valence-corrected chi connectivity index (χ2v) is 5.55. The highest BCUT2D eigenvalue weighted by atomic mass is 16.5. The fourth-order valence-corrected chi connectivity index (χ4v) is 2.79. The van der Waals surface area contributed by atoms with E-state index in [-0.39, 0.29) is 18.6 Å². The number of hydrogen-bond acceptors (Lipinski definition) is 2. The summed E-state index contributed by atoms with van der Waals surface area (Å²) in [4.78, 5) is 14.3. The molecule has 1 aliphatic rings. The Labute approximate surface area is 125 Å². The van der Waals surface area contributed by atoms with Crippen molar-refractivity contribution in [2.45, 2.75) is 26.3 Å². The number of hydrogen-bond donors (Lipinski definition) is 0. The van der Waals surface area contributed by atoms with Crippen molar-refractivity contribution in [3.63, 3.8) is 0 Å². The highest BCUT2D eigenvalue weighted by Gasteiger charge is 2.30. The topological polar surface area (TPSA) is 29.5 Å². The van der Waals surface area contributed by atoms with Crippen LogP contribution in [0.1, 0.15) is 18.1 Å². The van der Waals surface area contributed by atoms with Crippen molar-refractivity contribution in [1.82, 2.24) is 0 Å². The molecule has 2 aromatic rings. The van der Waals surface area contributed by atoms with E-state index in [1.54, 1.807) is 0 Å². The molecule has 1 heterocycles. The molecule has 2 aromatic carbocycles. The van der Waals surface area contributed by atoms with E-state index in [9.17, 15) is 4.79 Å². The first-order chi connectivity index (χ1) is 10.1. The summed E-state index contributed by atoms with van der Waals surface area (Å²) in [5.74, 6) is 0.738. The maximum Gasteiger partial charge on any atom is 0.265 e. The first kappa shape index (κ1) is 13.7. The molecule has 3 rings (SSSR count). The Hall–Kier alpha value is -2.29. The molecule has 1 amide bonds. The van der Waals surface area contributed by atoms with Crippen LogP contribution in [0.4, 0.5) is 5.69 Å². The van der Waals surface area contributed by atoms with Gasteiger partial charge in [-0.05, 0) is 44.0 Å². The van der Waals surface area contributed by atoms with E-state index in [0.717, 1.165) is 17.9 Å². The second-order valence-electron chi connectivity index (χ2n) is 5.55. The number of para-hydroxylation sites is 1. The van der Waals surface area contributed by atoms with Crippen LogP contribution in [-0.4, -0.2) is 18.6 Å². The van der Waals surface area contributed by atoms with Crippen molar-refractivity contribution < 1.29 is 9.53 Å². The molecule has 21 heavy (non-hydrogen) atoms. The maximum absolute atomic E-state index is 12.5. The predicted molar refractivity (Wildman–Crippen MR) is 83.8 cm³/mol. The Balaban J connectivity index is 1.70. The molecule has 1 aliphatic heterocycles. The summed E-state index contributed by atoms with van der Waals surface area (Å²) in [7, 11) is 0. The molecular weight excluding hydrogens is 262 g/mol. The summed E-state index contributed by atoms with van der Waals surface area (Å²) in [6.45, 7) is 4.17. The number of nitrogens with zero attached hydrogens (tertiary/aromatic N) is 1. The number of fused-ring (bicyclic) bond motifs is 1. The van der Waals surface area contributed by atoms with Gasteiger partial charge in [0.05, 0.1) is 0 Å². The number of ether oxygens (including phenoxy) is 1. The third kappa shape index (κ3) is 2.77. The molecule has 3 nitrogen and oxygen atoms in total. The Morgan fingerprint density at radius 1 is 1.19 bits per heavy atom. The minimum absolute atomic E-state index is 0.00743. The Kier molecular flexibility index (Phi) is 3.65. The molecule has 1 atom stereocenters. The fraction of sp³-hybridized carbons (Fsp3) is 0.278. The molecule has 0 unspecified atom stereocenters. The van der Waals surface area contributed by atoms with Gasteiger partial charge in [-0.25, -0.2) is 0 Å². The molecule has 3 heteroatoms. The van der Waals surface area contributed by atoms with Crippen molar-refractivity contribution in [3.8, 4) is 5.75 Å². The van der Waals surface area contributed by atoms with Crippen LogP contribution >= 0.6 is 0 Å². The molecule has 0 saturated carbocycles. The third-order valence-electron chi connectivity index (χ3n) is 3.86. The normalized spacial score (nSPS) is 16.7. The molecule has 0 spiro atoms. The van der Waals surface area contributed by atoms with Crippen molar-refractivity contribution in [1.29, 1.82) is 0 Å². The van der Waals surface area contributed by atoms with Crippen LogP contribution in [0, 0.1) is 6.92 Å². The number of carbonyl (C=O) groups is 1. The smallest absolute Gasteiger partial charge is 0.265 e. The quantitative estimate of drug-likeness (QED) is 0.863. The first-order valence-electron chi connectivity index (χ1n) is 7.24. The molecule has 0 radical (unpaired) electrons. The van der Waals surface area contributed by atoms with E-state index < -0.39 is 0 Å². The number of aryl methyl sites for hydroxylation is 1. The molecular formula is C18H19NO2. The lowest BCUT2D eigenvalue weighted by Gasteiger charge is -2.22. The van der Waals surface area contributed by atoms with E-state index in [2.05, 4.69) is 13.0 Å². The Bertz CT molecular complexity index is 649. The van der Waals surface area contributed by atoms with Crippen LogP contribution < -0.4 is 9.64 Å².